The van der Waals surface area contributed by atoms with Crippen LogP contribution in [0.4, 0.5) is 0 Å². The van der Waals surface area contributed by atoms with Gasteiger partial charge in [-0.15, -0.1) is 0 Å². The highest BCUT2D eigenvalue weighted by atomic mass is 16.6. The van der Waals surface area contributed by atoms with Gasteiger partial charge in [-0.3, -0.25) is 14.4 Å². The van der Waals surface area contributed by atoms with E-state index >= 15 is 0 Å². The maximum absolute atomic E-state index is 12.7. The largest absolute Gasteiger partial charge is 0.462 e. The molecule has 0 aliphatic heterocycles. The van der Waals surface area contributed by atoms with Gasteiger partial charge in [0.2, 0.25) is 0 Å². The van der Waals surface area contributed by atoms with E-state index in [0.29, 0.717) is 26.1 Å². The third kappa shape index (κ3) is 39.8. The van der Waals surface area contributed by atoms with E-state index < -0.39 is 0 Å². The van der Waals surface area contributed by atoms with Crippen molar-refractivity contribution in [2.24, 2.45) is 0 Å². The Morgan fingerprint density at radius 1 is 0.362 bits per heavy atom. The second-order valence-electron chi connectivity index (χ2n) is 17.5. The van der Waals surface area contributed by atoms with Crippen LogP contribution in [-0.2, 0) is 33.3 Å². The molecule has 0 aliphatic rings. The summed E-state index contributed by atoms with van der Waals surface area (Å²) in [6, 6.07) is 0. The summed E-state index contributed by atoms with van der Waals surface area (Å²) in [5.41, 5.74) is 0. The molecule has 0 aliphatic carbocycles. The third-order valence-electron chi connectivity index (χ3n) is 11.4. The topological polar surface area (TPSA) is 91.4 Å². The minimum absolute atomic E-state index is 0.0245. The molecular formula is C50H97NO7. The van der Waals surface area contributed by atoms with Crippen molar-refractivity contribution >= 4 is 17.9 Å². The fourth-order valence-electron chi connectivity index (χ4n) is 7.56. The van der Waals surface area contributed by atoms with Crippen LogP contribution in [-0.4, -0.2) is 75.0 Å². The Morgan fingerprint density at radius 2 is 0.638 bits per heavy atom. The summed E-state index contributed by atoms with van der Waals surface area (Å²) in [4.78, 5) is 40.2. The van der Waals surface area contributed by atoms with Crippen LogP contribution in [0.1, 0.15) is 252 Å². The molecule has 8 nitrogen and oxygen atoms in total. The molecule has 0 saturated carbocycles. The predicted octanol–water partition coefficient (Wildman–Crippen LogP) is 14.0. The van der Waals surface area contributed by atoms with Crippen LogP contribution in [0.5, 0.6) is 0 Å². The fraction of sp³-hybridized carbons (Fsp3) is 0.940. The van der Waals surface area contributed by atoms with Gasteiger partial charge >= 0.3 is 17.9 Å². The molecule has 0 amide bonds. The van der Waals surface area contributed by atoms with E-state index in [4.69, 9.17) is 18.9 Å². The Hall–Kier alpha value is -1.67. The van der Waals surface area contributed by atoms with Gasteiger partial charge in [-0.05, 0) is 104 Å². The molecule has 8 heteroatoms. The number of hydrogen-bond donors (Lipinski definition) is 0. The first-order chi connectivity index (χ1) is 28.2. The van der Waals surface area contributed by atoms with Crippen molar-refractivity contribution in [3.05, 3.63) is 0 Å². The van der Waals surface area contributed by atoms with Crippen molar-refractivity contribution in [2.75, 3.05) is 33.9 Å². The summed E-state index contributed by atoms with van der Waals surface area (Å²) in [5, 5.41) is 0. The Kier molecular flexibility index (Phi) is 42.2. The molecular weight excluding hydrogens is 727 g/mol. The van der Waals surface area contributed by atoms with Gasteiger partial charge in [0.1, 0.15) is 18.3 Å². The number of ether oxygens (including phenoxy) is 4. The van der Waals surface area contributed by atoms with Crippen molar-refractivity contribution in [1.82, 2.24) is 4.90 Å². The lowest BCUT2D eigenvalue weighted by atomic mass is 10.0. The Balaban J connectivity index is 4.61. The Labute approximate surface area is 359 Å². The van der Waals surface area contributed by atoms with Crippen LogP contribution in [0.2, 0.25) is 0 Å². The molecule has 0 spiro atoms. The lowest BCUT2D eigenvalue weighted by Crippen LogP contribution is -2.21. The van der Waals surface area contributed by atoms with Crippen molar-refractivity contribution in [3.63, 3.8) is 0 Å². The average molecular weight is 824 g/mol. The molecule has 0 aromatic carbocycles. The average Bonchev–Trinajstić information content (AvgIpc) is 3.19. The van der Waals surface area contributed by atoms with E-state index in [-0.39, 0.29) is 42.6 Å². The van der Waals surface area contributed by atoms with Gasteiger partial charge in [0, 0.05) is 19.4 Å². The predicted molar refractivity (Wildman–Crippen MR) is 243 cm³/mol. The van der Waals surface area contributed by atoms with Gasteiger partial charge < -0.3 is 23.8 Å². The number of esters is 3. The van der Waals surface area contributed by atoms with E-state index in [9.17, 15) is 14.4 Å². The zero-order valence-electron chi connectivity index (χ0n) is 39.4. The third-order valence-corrected chi connectivity index (χ3v) is 11.4. The Bertz CT molecular complexity index is 832. The van der Waals surface area contributed by atoms with E-state index in [1.54, 1.807) is 0 Å². The standard InChI is InChI=1S/C50H97NO7/c1-7-11-15-25-33-45(34-26-16-12-8-2)56-48(52)39-31-23-19-21-29-37-47(58-50(54)41-43-55-44-42-51(5)6)38-30-22-20-24-32-40-49(53)57-46(35-27-17-13-9-3)36-28-18-14-10-4/h45-47H,7-44H2,1-6H3. The van der Waals surface area contributed by atoms with Gasteiger partial charge in [-0.1, -0.05) is 143 Å². The smallest absolute Gasteiger partial charge is 0.308 e. The Morgan fingerprint density at radius 3 is 0.948 bits per heavy atom. The van der Waals surface area contributed by atoms with Crippen LogP contribution in [0, 0.1) is 0 Å². The highest BCUT2D eigenvalue weighted by molar-refractivity contribution is 5.70. The first-order valence-corrected chi connectivity index (χ1v) is 25.1. The maximum atomic E-state index is 12.7. The molecule has 0 radical (unpaired) electrons. The summed E-state index contributed by atoms with van der Waals surface area (Å²) in [5.74, 6) is -0.220. The monoisotopic (exact) mass is 824 g/mol. The number of carbonyl (C=O) groups is 3. The number of nitrogens with zero attached hydrogens (tertiary/aromatic N) is 1. The van der Waals surface area contributed by atoms with Gasteiger partial charge in [0.05, 0.1) is 19.6 Å². The van der Waals surface area contributed by atoms with Crippen molar-refractivity contribution in [2.45, 2.75) is 271 Å². The van der Waals surface area contributed by atoms with Crippen molar-refractivity contribution < 1.29 is 33.3 Å². The number of hydrogen-bond acceptors (Lipinski definition) is 8. The van der Waals surface area contributed by atoms with Crippen LogP contribution in [0.25, 0.3) is 0 Å². The number of likely N-dealkylation sites (N-methyl/N-ethyl adjacent to an activating group) is 1. The second kappa shape index (κ2) is 43.4. The number of unbranched alkanes of at least 4 members (excludes halogenated alkanes) is 20. The van der Waals surface area contributed by atoms with Crippen LogP contribution >= 0.6 is 0 Å². The lowest BCUT2D eigenvalue weighted by molar-refractivity contribution is -0.151. The highest BCUT2D eigenvalue weighted by Gasteiger charge is 2.17. The van der Waals surface area contributed by atoms with Crippen LogP contribution in [0.15, 0.2) is 0 Å². The van der Waals surface area contributed by atoms with E-state index in [1.807, 2.05) is 14.1 Å². The molecule has 58 heavy (non-hydrogen) atoms. The van der Waals surface area contributed by atoms with Crippen LogP contribution in [0.3, 0.4) is 0 Å². The zero-order valence-corrected chi connectivity index (χ0v) is 39.4. The quantitative estimate of drug-likeness (QED) is 0.0341. The molecule has 0 saturated heterocycles. The molecule has 0 unspecified atom stereocenters. The van der Waals surface area contributed by atoms with E-state index in [2.05, 4.69) is 32.6 Å². The summed E-state index contributed by atoms with van der Waals surface area (Å²) in [6.07, 6.45) is 36.7. The molecule has 0 fully saturated rings. The van der Waals surface area contributed by atoms with Gasteiger partial charge in [-0.25, -0.2) is 0 Å². The molecule has 0 N–H and O–H groups in total. The fourth-order valence-corrected chi connectivity index (χ4v) is 7.56. The van der Waals surface area contributed by atoms with Gasteiger partial charge in [0.25, 0.3) is 0 Å². The highest BCUT2D eigenvalue weighted by Crippen LogP contribution is 2.21. The molecule has 0 atom stereocenters. The molecule has 0 heterocycles. The lowest BCUT2D eigenvalue weighted by Gasteiger charge is -2.19. The summed E-state index contributed by atoms with van der Waals surface area (Å²) >= 11 is 0. The number of carbonyl (C=O) groups excluding carboxylic acids is 3. The van der Waals surface area contributed by atoms with Crippen molar-refractivity contribution in [3.8, 4) is 0 Å². The minimum Gasteiger partial charge on any atom is -0.462 e. The van der Waals surface area contributed by atoms with Crippen molar-refractivity contribution in [1.29, 1.82) is 0 Å². The molecule has 0 aromatic heterocycles. The van der Waals surface area contributed by atoms with Gasteiger partial charge in [0.15, 0.2) is 0 Å². The second-order valence-corrected chi connectivity index (χ2v) is 17.5. The molecule has 0 aromatic rings. The zero-order chi connectivity index (χ0) is 42.7. The SMILES string of the molecule is CCCCCCC(CCCCCC)OC(=O)CCCCCCCC(CCCCCCCC(=O)OC(CCCCCC)CCCCCC)OC(=O)CCOCCN(C)C. The summed E-state index contributed by atoms with van der Waals surface area (Å²) in [7, 11) is 4.02. The normalized spacial score (nSPS) is 11.7. The molecule has 0 bridgehead atoms. The van der Waals surface area contributed by atoms with E-state index in [1.165, 1.54) is 77.0 Å². The summed E-state index contributed by atoms with van der Waals surface area (Å²) in [6.45, 7) is 10.8. The van der Waals surface area contributed by atoms with Gasteiger partial charge in [-0.2, -0.15) is 0 Å². The molecule has 0 rings (SSSR count). The first kappa shape index (κ1) is 56.3. The maximum Gasteiger partial charge on any atom is 0.308 e. The molecule has 344 valence electrons. The van der Waals surface area contributed by atoms with Crippen LogP contribution < -0.4 is 0 Å². The first-order valence-electron chi connectivity index (χ1n) is 25.1. The minimum atomic E-state index is -0.171. The summed E-state index contributed by atoms with van der Waals surface area (Å²) < 4.78 is 23.6. The van der Waals surface area contributed by atoms with E-state index in [0.717, 1.165) is 135 Å². The number of rotatable bonds is 45.